The third kappa shape index (κ3) is 2.27. The fourth-order valence-electron chi connectivity index (χ4n) is 1.74. The number of pyridine rings is 1. The number of aromatic amines is 1. The Hall–Kier alpha value is -2.10. The Labute approximate surface area is 106 Å². The van der Waals surface area contributed by atoms with Crippen molar-refractivity contribution in [2.24, 2.45) is 0 Å². The van der Waals surface area contributed by atoms with Crippen LogP contribution in [0.15, 0.2) is 30.6 Å². The first-order valence-corrected chi connectivity index (χ1v) is 5.83. The molecule has 1 N–H and O–H groups in total. The second-order valence-electron chi connectivity index (χ2n) is 4.55. The molecule has 0 saturated heterocycles. The van der Waals surface area contributed by atoms with Crippen molar-refractivity contribution in [1.29, 1.82) is 0 Å². The minimum atomic E-state index is -0.0789. The molecule has 2 rings (SSSR count). The van der Waals surface area contributed by atoms with Crippen LogP contribution in [0, 0.1) is 0 Å². The number of ether oxygens (including phenoxy) is 1. The summed E-state index contributed by atoms with van der Waals surface area (Å²) < 4.78 is 5.58. The minimum Gasteiger partial charge on any atom is -0.489 e. The average molecular weight is 244 g/mol. The normalized spacial score (nSPS) is 10.9. The van der Waals surface area contributed by atoms with Gasteiger partial charge in [0.1, 0.15) is 11.4 Å². The molecule has 94 valence electrons. The van der Waals surface area contributed by atoms with E-state index in [0.29, 0.717) is 22.5 Å². The average Bonchev–Trinajstić information content (AvgIpc) is 2.70. The molecule has 18 heavy (non-hydrogen) atoms. The molecule has 4 nitrogen and oxygen atoms in total. The summed E-state index contributed by atoms with van der Waals surface area (Å²) in [7, 11) is 0. The number of rotatable bonds is 4. The molecule has 0 fully saturated rings. The van der Waals surface area contributed by atoms with Gasteiger partial charge in [0.25, 0.3) is 0 Å². The molecule has 2 aromatic heterocycles. The van der Waals surface area contributed by atoms with E-state index in [0.717, 1.165) is 5.39 Å². The number of nitrogens with zero attached hydrogens (tertiary/aromatic N) is 1. The standard InChI is InChI=1S/C14H16N2O2/c1-8(2)13(17)12-7-16-14-11(12)5-10(6-15-14)18-9(3)4/h5-7,9H,1H2,2-4H3,(H,15,16). The molecule has 0 bridgehead atoms. The Balaban J connectivity index is 2.49. The number of allylic oxidation sites excluding steroid dienone is 1. The SMILES string of the molecule is C=C(C)C(=O)c1c[nH]c2ncc(OC(C)C)cc12. The summed E-state index contributed by atoms with van der Waals surface area (Å²) in [6.45, 7) is 9.26. The Morgan fingerprint density at radius 2 is 2.22 bits per heavy atom. The number of aromatic nitrogens is 2. The van der Waals surface area contributed by atoms with Crippen LogP contribution in [0.2, 0.25) is 0 Å². The largest absolute Gasteiger partial charge is 0.489 e. The zero-order valence-corrected chi connectivity index (χ0v) is 10.8. The maximum atomic E-state index is 12.0. The number of fused-ring (bicyclic) bond motifs is 1. The number of carbonyl (C=O) groups excluding carboxylic acids is 1. The predicted octanol–water partition coefficient (Wildman–Crippen LogP) is 3.11. The van der Waals surface area contributed by atoms with Crippen molar-refractivity contribution in [2.75, 3.05) is 0 Å². The smallest absolute Gasteiger partial charge is 0.190 e. The van der Waals surface area contributed by atoms with Crippen LogP contribution < -0.4 is 4.74 Å². The van der Waals surface area contributed by atoms with E-state index in [9.17, 15) is 4.79 Å². The number of hydrogen-bond acceptors (Lipinski definition) is 3. The molecule has 0 atom stereocenters. The summed E-state index contributed by atoms with van der Waals surface area (Å²) in [6.07, 6.45) is 3.38. The number of H-pyrrole nitrogens is 1. The lowest BCUT2D eigenvalue weighted by Gasteiger charge is -2.09. The number of nitrogens with one attached hydrogen (secondary N) is 1. The zero-order valence-electron chi connectivity index (χ0n) is 10.8. The van der Waals surface area contributed by atoms with Gasteiger partial charge in [-0.25, -0.2) is 4.98 Å². The third-order valence-electron chi connectivity index (χ3n) is 2.51. The molecule has 0 spiro atoms. The fourth-order valence-corrected chi connectivity index (χ4v) is 1.74. The molecule has 0 saturated carbocycles. The van der Waals surface area contributed by atoms with Crippen molar-refractivity contribution < 1.29 is 9.53 Å². The van der Waals surface area contributed by atoms with Gasteiger partial charge in [-0.05, 0) is 32.4 Å². The van der Waals surface area contributed by atoms with E-state index < -0.39 is 0 Å². The molecule has 0 aliphatic heterocycles. The lowest BCUT2D eigenvalue weighted by molar-refractivity contribution is 0.103. The molecule has 0 aliphatic carbocycles. The maximum Gasteiger partial charge on any atom is 0.190 e. The summed E-state index contributed by atoms with van der Waals surface area (Å²) in [6, 6.07) is 1.83. The van der Waals surface area contributed by atoms with Crippen LogP contribution in [0.1, 0.15) is 31.1 Å². The highest BCUT2D eigenvalue weighted by atomic mass is 16.5. The van der Waals surface area contributed by atoms with Gasteiger partial charge in [-0.1, -0.05) is 6.58 Å². The van der Waals surface area contributed by atoms with Gasteiger partial charge in [-0.2, -0.15) is 0 Å². The number of Topliss-reactive ketones (excluding diaryl/α,β-unsaturated/α-hetero) is 1. The molecular formula is C14H16N2O2. The topological polar surface area (TPSA) is 55.0 Å². The van der Waals surface area contributed by atoms with Gasteiger partial charge in [0, 0.05) is 17.1 Å². The van der Waals surface area contributed by atoms with E-state index in [-0.39, 0.29) is 11.9 Å². The van der Waals surface area contributed by atoms with E-state index in [4.69, 9.17) is 4.74 Å². The van der Waals surface area contributed by atoms with Crippen molar-refractivity contribution >= 4 is 16.8 Å². The number of hydrogen-bond donors (Lipinski definition) is 1. The van der Waals surface area contributed by atoms with Gasteiger partial charge >= 0.3 is 0 Å². The molecule has 2 aromatic rings. The summed E-state index contributed by atoms with van der Waals surface area (Å²) >= 11 is 0. The molecular weight excluding hydrogens is 228 g/mol. The molecule has 0 radical (unpaired) electrons. The highest BCUT2D eigenvalue weighted by Crippen LogP contribution is 2.23. The van der Waals surface area contributed by atoms with Gasteiger partial charge in [0.15, 0.2) is 5.78 Å². The predicted molar refractivity (Wildman–Crippen MR) is 71.0 cm³/mol. The summed E-state index contributed by atoms with van der Waals surface area (Å²) in [5, 5.41) is 0.765. The van der Waals surface area contributed by atoms with Crippen LogP contribution in [0.5, 0.6) is 5.75 Å². The second-order valence-corrected chi connectivity index (χ2v) is 4.55. The van der Waals surface area contributed by atoms with Crippen LogP contribution in [0.25, 0.3) is 11.0 Å². The Bertz CT molecular complexity index is 611. The van der Waals surface area contributed by atoms with Gasteiger partial charge < -0.3 is 9.72 Å². The Morgan fingerprint density at radius 3 is 2.83 bits per heavy atom. The fraction of sp³-hybridized carbons (Fsp3) is 0.286. The molecule has 0 aromatic carbocycles. The first kappa shape index (κ1) is 12.4. The Kier molecular flexibility index (Phi) is 3.19. The monoisotopic (exact) mass is 244 g/mol. The summed E-state index contributed by atoms with van der Waals surface area (Å²) in [5.74, 6) is 0.581. The van der Waals surface area contributed by atoms with Crippen molar-refractivity contribution in [3.8, 4) is 5.75 Å². The van der Waals surface area contributed by atoms with E-state index in [1.165, 1.54) is 0 Å². The highest BCUT2D eigenvalue weighted by Gasteiger charge is 2.14. The molecule has 2 heterocycles. The van der Waals surface area contributed by atoms with Crippen molar-refractivity contribution in [3.05, 3.63) is 36.2 Å². The summed E-state index contributed by atoms with van der Waals surface area (Å²) in [4.78, 5) is 19.2. The van der Waals surface area contributed by atoms with Crippen LogP contribution in [-0.4, -0.2) is 21.9 Å². The first-order chi connectivity index (χ1) is 8.49. The molecule has 0 unspecified atom stereocenters. The number of ketones is 1. The second kappa shape index (κ2) is 4.64. The molecule has 0 aliphatic rings. The van der Waals surface area contributed by atoms with Gasteiger partial charge in [-0.15, -0.1) is 0 Å². The molecule has 0 amide bonds. The van der Waals surface area contributed by atoms with E-state index in [2.05, 4.69) is 16.5 Å². The van der Waals surface area contributed by atoms with Gasteiger partial charge in [0.2, 0.25) is 0 Å². The third-order valence-corrected chi connectivity index (χ3v) is 2.51. The van der Waals surface area contributed by atoms with E-state index in [1.54, 1.807) is 19.3 Å². The van der Waals surface area contributed by atoms with Gasteiger partial charge in [-0.3, -0.25) is 4.79 Å². The van der Waals surface area contributed by atoms with Crippen LogP contribution in [0.4, 0.5) is 0 Å². The maximum absolute atomic E-state index is 12.0. The summed E-state index contributed by atoms with van der Waals surface area (Å²) in [5.41, 5.74) is 1.76. The molecule has 4 heteroatoms. The van der Waals surface area contributed by atoms with E-state index in [1.807, 2.05) is 19.9 Å². The minimum absolute atomic E-state index is 0.0727. The Morgan fingerprint density at radius 1 is 1.50 bits per heavy atom. The van der Waals surface area contributed by atoms with Crippen LogP contribution in [0.3, 0.4) is 0 Å². The van der Waals surface area contributed by atoms with Crippen molar-refractivity contribution in [3.63, 3.8) is 0 Å². The first-order valence-electron chi connectivity index (χ1n) is 5.83. The van der Waals surface area contributed by atoms with E-state index >= 15 is 0 Å². The number of carbonyl (C=O) groups is 1. The lowest BCUT2D eigenvalue weighted by atomic mass is 10.1. The highest BCUT2D eigenvalue weighted by molar-refractivity contribution is 6.15. The van der Waals surface area contributed by atoms with Crippen molar-refractivity contribution in [1.82, 2.24) is 9.97 Å². The van der Waals surface area contributed by atoms with Crippen LogP contribution in [-0.2, 0) is 0 Å². The van der Waals surface area contributed by atoms with Crippen molar-refractivity contribution in [2.45, 2.75) is 26.9 Å². The van der Waals surface area contributed by atoms with Crippen LogP contribution >= 0.6 is 0 Å². The quantitative estimate of drug-likeness (QED) is 0.664. The van der Waals surface area contributed by atoms with Gasteiger partial charge in [0.05, 0.1) is 12.3 Å². The lowest BCUT2D eigenvalue weighted by Crippen LogP contribution is -2.05. The zero-order chi connectivity index (χ0) is 13.3.